The van der Waals surface area contributed by atoms with Crippen LogP contribution in [0.15, 0.2) is 4.99 Å². The maximum absolute atomic E-state index is 12.1. The number of amides is 1. The van der Waals surface area contributed by atoms with Crippen molar-refractivity contribution in [1.29, 1.82) is 0 Å². The van der Waals surface area contributed by atoms with E-state index in [-0.39, 0.29) is 47.9 Å². The van der Waals surface area contributed by atoms with E-state index in [1.165, 1.54) is 0 Å². The third kappa shape index (κ3) is 8.95. The number of aliphatic imine (C=N–C) groups is 1. The quantitative estimate of drug-likeness (QED) is 0.221. The van der Waals surface area contributed by atoms with Gasteiger partial charge in [-0.25, -0.2) is 0 Å². The number of carbonyl (C=O) groups is 1. The fourth-order valence-corrected chi connectivity index (χ4v) is 3.30. The van der Waals surface area contributed by atoms with E-state index < -0.39 is 0 Å². The highest BCUT2D eigenvalue weighted by molar-refractivity contribution is 14.0. The second kappa shape index (κ2) is 13.5. The number of halogens is 1. The lowest BCUT2D eigenvalue weighted by molar-refractivity contribution is -0.133. The Morgan fingerprint density at radius 2 is 2.19 bits per heavy atom. The van der Waals surface area contributed by atoms with E-state index in [1.807, 2.05) is 18.7 Å². The van der Waals surface area contributed by atoms with Gasteiger partial charge in [-0.2, -0.15) is 0 Å². The van der Waals surface area contributed by atoms with Crippen molar-refractivity contribution >= 4 is 35.8 Å². The number of nitrogens with zero attached hydrogens (tertiary/aromatic N) is 2. The Labute approximate surface area is 181 Å². The number of likely N-dealkylation sites (tertiary alicyclic amines) is 1. The van der Waals surface area contributed by atoms with Gasteiger partial charge in [0.1, 0.15) is 0 Å². The largest absolute Gasteiger partial charge is 0.379 e. The molecule has 2 aliphatic rings. The standard InChI is InChI=1S/C19H36N4O3.HI/c1-4-20-19(21-9-6-11-25-14-17-7-5-12-26-17)22-16-8-10-23(13-16)18(24)15(2)3;/h15-17H,4-14H2,1-3H3,(H2,20,21,22);1H. The first-order valence-corrected chi connectivity index (χ1v) is 10.1. The van der Waals surface area contributed by atoms with Crippen molar-refractivity contribution in [2.24, 2.45) is 10.9 Å². The Hall–Kier alpha value is -0.610. The van der Waals surface area contributed by atoms with Gasteiger partial charge in [-0.05, 0) is 32.6 Å². The molecule has 0 aromatic carbocycles. The summed E-state index contributed by atoms with van der Waals surface area (Å²) in [5.41, 5.74) is 0. The van der Waals surface area contributed by atoms with E-state index in [2.05, 4.69) is 22.5 Å². The molecule has 2 rings (SSSR count). The predicted molar refractivity (Wildman–Crippen MR) is 119 cm³/mol. The van der Waals surface area contributed by atoms with E-state index in [1.54, 1.807) is 0 Å². The number of carbonyl (C=O) groups excluding carboxylic acids is 1. The molecule has 2 atom stereocenters. The van der Waals surface area contributed by atoms with Gasteiger partial charge >= 0.3 is 0 Å². The first-order chi connectivity index (χ1) is 12.6. The summed E-state index contributed by atoms with van der Waals surface area (Å²) in [5.74, 6) is 1.13. The molecule has 0 spiro atoms. The normalized spacial score (nSPS) is 22.8. The highest BCUT2D eigenvalue weighted by Crippen LogP contribution is 2.13. The van der Waals surface area contributed by atoms with Crippen LogP contribution in [0.25, 0.3) is 0 Å². The number of guanidine groups is 1. The molecule has 27 heavy (non-hydrogen) atoms. The van der Waals surface area contributed by atoms with Crippen molar-refractivity contribution < 1.29 is 14.3 Å². The molecule has 1 amide bonds. The third-order valence-corrected chi connectivity index (χ3v) is 4.72. The summed E-state index contributed by atoms with van der Waals surface area (Å²) < 4.78 is 11.2. The zero-order valence-corrected chi connectivity index (χ0v) is 19.4. The van der Waals surface area contributed by atoms with Gasteiger partial charge in [0, 0.05) is 51.4 Å². The van der Waals surface area contributed by atoms with Crippen LogP contribution in [0.4, 0.5) is 0 Å². The molecule has 2 aliphatic heterocycles. The van der Waals surface area contributed by atoms with Crippen molar-refractivity contribution in [3.05, 3.63) is 0 Å². The SMILES string of the molecule is CCNC(=NCCCOCC1CCCO1)NC1CCN(C(=O)C(C)C)C1.I. The van der Waals surface area contributed by atoms with E-state index in [9.17, 15) is 4.79 Å². The Kier molecular flexibility index (Phi) is 12.3. The topological polar surface area (TPSA) is 75.2 Å². The molecule has 2 heterocycles. The van der Waals surface area contributed by atoms with Gasteiger partial charge < -0.3 is 25.0 Å². The fourth-order valence-electron chi connectivity index (χ4n) is 3.30. The number of ether oxygens (including phenoxy) is 2. The van der Waals surface area contributed by atoms with E-state index in [0.29, 0.717) is 13.2 Å². The van der Waals surface area contributed by atoms with E-state index in [4.69, 9.17) is 9.47 Å². The molecule has 0 bridgehead atoms. The molecule has 7 nitrogen and oxygen atoms in total. The Balaban J connectivity index is 0.00000364. The molecule has 158 valence electrons. The monoisotopic (exact) mass is 496 g/mol. The second-order valence-corrected chi connectivity index (χ2v) is 7.39. The Bertz CT molecular complexity index is 456. The van der Waals surface area contributed by atoms with Gasteiger partial charge in [-0.1, -0.05) is 13.8 Å². The minimum atomic E-state index is 0. The van der Waals surface area contributed by atoms with Crippen LogP contribution < -0.4 is 10.6 Å². The number of rotatable bonds is 9. The van der Waals surface area contributed by atoms with Crippen molar-refractivity contribution in [3.8, 4) is 0 Å². The zero-order valence-electron chi connectivity index (χ0n) is 17.0. The average molecular weight is 496 g/mol. The minimum absolute atomic E-state index is 0. The van der Waals surface area contributed by atoms with Crippen LogP contribution in [-0.2, 0) is 14.3 Å². The predicted octanol–water partition coefficient (Wildman–Crippen LogP) is 2.00. The molecule has 0 radical (unpaired) electrons. The maximum Gasteiger partial charge on any atom is 0.225 e. The minimum Gasteiger partial charge on any atom is -0.379 e. The van der Waals surface area contributed by atoms with Crippen LogP contribution in [-0.4, -0.2) is 74.9 Å². The molecule has 0 aromatic heterocycles. The third-order valence-electron chi connectivity index (χ3n) is 4.72. The van der Waals surface area contributed by atoms with Crippen LogP contribution in [0.3, 0.4) is 0 Å². The van der Waals surface area contributed by atoms with Gasteiger partial charge in [-0.15, -0.1) is 24.0 Å². The summed E-state index contributed by atoms with van der Waals surface area (Å²) in [6.07, 6.45) is 4.41. The average Bonchev–Trinajstić information content (AvgIpc) is 3.29. The second-order valence-electron chi connectivity index (χ2n) is 7.39. The van der Waals surface area contributed by atoms with Gasteiger partial charge in [0.25, 0.3) is 0 Å². The summed E-state index contributed by atoms with van der Waals surface area (Å²) in [6, 6.07) is 0.270. The van der Waals surface area contributed by atoms with E-state index >= 15 is 0 Å². The summed E-state index contributed by atoms with van der Waals surface area (Å²) in [6.45, 7) is 11.4. The number of hydrogen-bond donors (Lipinski definition) is 2. The molecule has 2 fully saturated rings. The molecule has 0 aliphatic carbocycles. The summed E-state index contributed by atoms with van der Waals surface area (Å²) in [5, 5.41) is 6.75. The fraction of sp³-hybridized carbons (Fsp3) is 0.895. The highest BCUT2D eigenvalue weighted by atomic mass is 127. The van der Waals surface area contributed by atoms with Crippen LogP contribution >= 0.6 is 24.0 Å². The molecule has 2 unspecified atom stereocenters. The van der Waals surface area contributed by atoms with Crippen LogP contribution in [0.5, 0.6) is 0 Å². The van der Waals surface area contributed by atoms with Crippen LogP contribution in [0.2, 0.25) is 0 Å². The summed E-state index contributed by atoms with van der Waals surface area (Å²) >= 11 is 0. The van der Waals surface area contributed by atoms with Gasteiger partial charge in [-0.3, -0.25) is 9.79 Å². The first-order valence-electron chi connectivity index (χ1n) is 10.1. The lowest BCUT2D eigenvalue weighted by Crippen LogP contribution is -2.45. The molecular formula is C19H37IN4O3. The van der Waals surface area contributed by atoms with Gasteiger partial charge in [0.05, 0.1) is 12.7 Å². The van der Waals surface area contributed by atoms with Crippen molar-refractivity contribution in [1.82, 2.24) is 15.5 Å². The molecule has 2 N–H and O–H groups in total. The number of hydrogen-bond acceptors (Lipinski definition) is 4. The van der Waals surface area contributed by atoms with Crippen molar-refractivity contribution in [2.45, 2.75) is 58.6 Å². The molecular weight excluding hydrogens is 459 g/mol. The number of nitrogens with one attached hydrogen (secondary N) is 2. The first kappa shape index (κ1) is 24.4. The Morgan fingerprint density at radius 3 is 2.85 bits per heavy atom. The lowest BCUT2D eigenvalue weighted by Gasteiger charge is -2.20. The highest BCUT2D eigenvalue weighted by Gasteiger charge is 2.27. The lowest BCUT2D eigenvalue weighted by atomic mass is 10.2. The smallest absolute Gasteiger partial charge is 0.225 e. The van der Waals surface area contributed by atoms with Crippen molar-refractivity contribution in [3.63, 3.8) is 0 Å². The Morgan fingerprint density at radius 1 is 1.37 bits per heavy atom. The summed E-state index contributed by atoms with van der Waals surface area (Å²) in [7, 11) is 0. The molecule has 8 heteroatoms. The summed E-state index contributed by atoms with van der Waals surface area (Å²) in [4.78, 5) is 18.7. The molecule has 2 saturated heterocycles. The van der Waals surface area contributed by atoms with Gasteiger partial charge in [0.15, 0.2) is 5.96 Å². The van der Waals surface area contributed by atoms with Crippen molar-refractivity contribution in [2.75, 3.05) is 46.0 Å². The van der Waals surface area contributed by atoms with Crippen LogP contribution in [0, 0.1) is 5.92 Å². The molecule has 0 aromatic rings. The van der Waals surface area contributed by atoms with E-state index in [0.717, 1.165) is 64.4 Å². The zero-order chi connectivity index (χ0) is 18.8. The maximum atomic E-state index is 12.1. The van der Waals surface area contributed by atoms with Crippen LogP contribution in [0.1, 0.15) is 46.5 Å². The van der Waals surface area contributed by atoms with Gasteiger partial charge in [0.2, 0.25) is 5.91 Å². The molecule has 0 saturated carbocycles.